The van der Waals surface area contributed by atoms with Crippen molar-refractivity contribution >= 4 is 0 Å². The summed E-state index contributed by atoms with van der Waals surface area (Å²) in [5.74, 6) is 1.70. The molecular weight excluding hydrogens is 180 g/mol. The van der Waals surface area contributed by atoms with E-state index < -0.39 is 0 Å². The molecule has 0 radical (unpaired) electrons. The van der Waals surface area contributed by atoms with Crippen LogP contribution in [0.2, 0.25) is 0 Å². The highest BCUT2D eigenvalue weighted by molar-refractivity contribution is 5.45. The molecule has 0 aromatic heterocycles. The second-order valence-electron chi connectivity index (χ2n) is 3.07. The van der Waals surface area contributed by atoms with Gasteiger partial charge in [-0.15, -0.1) is 0 Å². The molecule has 0 heterocycles. The molecular formula is C11H16O3. The third-order valence-corrected chi connectivity index (χ3v) is 2.10. The Labute approximate surface area is 84.6 Å². The van der Waals surface area contributed by atoms with E-state index in [0.29, 0.717) is 6.61 Å². The molecule has 0 amide bonds. The maximum atomic E-state index is 5.24. The first-order chi connectivity index (χ1) is 6.72. The van der Waals surface area contributed by atoms with E-state index in [4.69, 9.17) is 14.2 Å². The molecule has 0 saturated heterocycles. The lowest BCUT2D eigenvalue weighted by molar-refractivity contribution is 0.181. The van der Waals surface area contributed by atoms with Crippen LogP contribution < -0.4 is 9.47 Å². The van der Waals surface area contributed by atoms with Crippen LogP contribution >= 0.6 is 0 Å². The third kappa shape index (κ3) is 2.17. The van der Waals surface area contributed by atoms with Gasteiger partial charge in [-0.1, -0.05) is 0 Å². The van der Waals surface area contributed by atoms with Crippen LogP contribution in [0, 0.1) is 6.92 Å². The van der Waals surface area contributed by atoms with Gasteiger partial charge in [0.05, 0.1) is 20.8 Å². The van der Waals surface area contributed by atoms with Crippen molar-refractivity contribution in [2.45, 2.75) is 13.5 Å². The van der Waals surface area contributed by atoms with Crippen molar-refractivity contribution in [1.29, 1.82) is 0 Å². The van der Waals surface area contributed by atoms with Gasteiger partial charge < -0.3 is 14.2 Å². The standard InChI is InChI=1S/C11H16O3/c1-8-5-11(14-4)9(7-12-2)6-10(8)13-3/h5-6H,7H2,1-4H3. The molecule has 0 bridgehead atoms. The highest BCUT2D eigenvalue weighted by atomic mass is 16.5. The lowest BCUT2D eigenvalue weighted by atomic mass is 10.1. The van der Waals surface area contributed by atoms with E-state index in [1.165, 1.54) is 0 Å². The molecule has 3 nitrogen and oxygen atoms in total. The lowest BCUT2D eigenvalue weighted by Gasteiger charge is -2.12. The Hall–Kier alpha value is -1.22. The molecule has 0 saturated carbocycles. The molecule has 3 heteroatoms. The van der Waals surface area contributed by atoms with Crippen molar-refractivity contribution in [2.24, 2.45) is 0 Å². The highest BCUT2D eigenvalue weighted by Gasteiger charge is 2.07. The summed E-state index contributed by atoms with van der Waals surface area (Å²) in [5, 5.41) is 0. The monoisotopic (exact) mass is 196 g/mol. The van der Waals surface area contributed by atoms with Crippen LogP contribution in [0.25, 0.3) is 0 Å². The van der Waals surface area contributed by atoms with Gasteiger partial charge in [-0.3, -0.25) is 0 Å². The van der Waals surface area contributed by atoms with Crippen molar-refractivity contribution in [3.8, 4) is 11.5 Å². The largest absolute Gasteiger partial charge is 0.496 e. The number of benzene rings is 1. The molecule has 0 fully saturated rings. The minimum atomic E-state index is 0.528. The van der Waals surface area contributed by atoms with Crippen molar-refractivity contribution < 1.29 is 14.2 Å². The van der Waals surface area contributed by atoms with Crippen molar-refractivity contribution in [3.63, 3.8) is 0 Å². The average Bonchev–Trinajstić information content (AvgIpc) is 2.20. The van der Waals surface area contributed by atoms with E-state index >= 15 is 0 Å². The van der Waals surface area contributed by atoms with Crippen LogP contribution in [0.5, 0.6) is 11.5 Å². The van der Waals surface area contributed by atoms with E-state index in [1.807, 2.05) is 19.1 Å². The maximum absolute atomic E-state index is 5.24. The first-order valence-corrected chi connectivity index (χ1v) is 4.43. The molecule has 1 aromatic rings. The first kappa shape index (κ1) is 10.9. The molecule has 0 aliphatic carbocycles. The Balaban J connectivity index is 3.11. The normalized spacial score (nSPS) is 10.0. The predicted molar refractivity (Wildman–Crippen MR) is 55.0 cm³/mol. The topological polar surface area (TPSA) is 27.7 Å². The van der Waals surface area contributed by atoms with Crippen LogP contribution in [-0.4, -0.2) is 21.3 Å². The molecule has 0 aliphatic rings. The van der Waals surface area contributed by atoms with Crippen LogP contribution in [0.1, 0.15) is 11.1 Å². The Morgan fingerprint density at radius 3 is 2.14 bits per heavy atom. The van der Waals surface area contributed by atoms with Gasteiger partial charge in [-0.05, 0) is 24.6 Å². The number of rotatable bonds is 4. The minimum absolute atomic E-state index is 0.528. The van der Waals surface area contributed by atoms with Gasteiger partial charge in [0.25, 0.3) is 0 Å². The molecule has 1 rings (SSSR count). The zero-order chi connectivity index (χ0) is 10.6. The van der Waals surface area contributed by atoms with Gasteiger partial charge in [0.15, 0.2) is 0 Å². The second-order valence-corrected chi connectivity index (χ2v) is 3.07. The Kier molecular flexibility index (Phi) is 3.77. The molecule has 0 atom stereocenters. The molecule has 1 aromatic carbocycles. The molecule has 0 unspecified atom stereocenters. The molecule has 78 valence electrons. The number of hydrogen-bond donors (Lipinski definition) is 0. The van der Waals surface area contributed by atoms with E-state index in [2.05, 4.69) is 0 Å². The van der Waals surface area contributed by atoms with Gasteiger partial charge in [0, 0.05) is 12.7 Å². The average molecular weight is 196 g/mol. The number of hydrogen-bond acceptors (Lipinski definition) is 3. The summed E-state index contributed by atoms with van der Waals surface area (Å²) in [6.45, 7) is 2.51. The van der Waals surface area contributed by atoms with Gasteiger partial charge in [0.1, 0.15) is 11.5 Å². The quantitative estimate of drug-likeness (QED) is 0.738. The van der Waals surface area contributed by atoms with Crippen LogP contribution in [0.15, 0.2) is 12.1 Å². The minimum Gasteiger partial charge on any atom is -0.496 e. The number of aryl methyl sites for hydroxylation is 1. The fourth-order valence-corrected chi connectivity index (χ4v) is 1.38. The van der Waals surface area contributed by atoms with Crippen molar-refractivity contribution in [1.82, 2.24) is 0 Å². The van der Waals surface area contributed by atoms with Crippen LogP contribution in [0.3, 0.4) is 0 Å². The van der Waals surface area contributed by atoms with Crippen LogP contribution in [-0.2, 0) is 11.3 Å². The highest BCUT2D eigenvalue weighted by Crippen LogP contribution is 2.28. The fraction of sp³-hybridized carbons (Fsp3) is 0.455. The van der Waals surface area contributed by atoms with E-state index in [9.17, 15) is 0 Å². The van der Waals surface area contributed by atoms with E-state index in [0.717, 1.165) is 22.6 Å². The summed E-state index contributed by atoms with van der Waals surface area (Å²) >= 11 is 0. The summed E-state index contributed by atoms with van der Waals surface area (Å²) < 4.78 is 15.5. The van der Waals surface area contributed by atoms with Gasteiger partial charge in [-0.2, -0.15) is 0 Å². The van der Waals surface area contributed by atoms with E-state index in [-0.39, 0.29) is 0 Å². The zero-order valence-electron chi connectivity index (χ0n) is 9.09. The van der Waals surface area contributed by atoms with Crippen LogP contribution in [0.4, 0.5) is 0 Å². The molecule has 0 spiro atoms. The Morgan fingerprint density at radius 1 is 1.00 bits per heavy atom. The third-order valence-electron chi connectivity index (χ3n) is 2.10. The number of ether oxygens (including phenoxy) is 3. The Morgan fingerprint density at radius 2 is 1.64 bits per heavy atom. The maximum Gasteiger partial charge on any atom is 0.124 e. The zero-order valence-corrected chi connectivity index (χ0v) is 9.09. The van der Waals surface area contributed by atoms with Gasteiger partial charge >= 0.3 is 0 Å². The molecule has 0 N–H and O–H groups in total. The molecule has 0 aliphatic heterocycles. The van der Waals surface area contributed by atoms with E-state index in [1.54, 1.807) is 21.3 Å². The summed E-state index contributed by atoms with van der Waals surface area (Å²) in [6.07, 6.45) is 0. The summed E-state index contributed by atoms with van der Waals surface area (Å²) in [5.41, 5.74) is 2.06. The summed E-state index contributed by atoms with van der Waals surface area (Å²) in [7, 11) is 4.97. The first-order valence-electron chi connectivity index (χ1n) is 4.43. The fourth-order valence-electron chi connectivity index (χ4n) is 1.38. The smallest absolute Gasteiger partial charge is 0.124 e. The second kappa shape index (κ2) is 4.86. The van der Waals surface area contributed by atoms with Crippen molar-refractivity contribution in [3.05, 3.63) is 23.3 Å². The summed E-state index contributed by atoms with van der Waals surface area (Å²) in [4.78, 5) is 0. The Bertz CT molecular complexity index is 308. The van der Waals surface area contributed by atoms with Gasteiger partial charge in [-0.25, -0.2) is 0 Å². The summed E-state index contributed by atoms with van der Waals surface area (Å²) in [6, 6.07) is 3.89. The lowest BCUT2D eigenvalue weighted by Crippen LogP contribution is -1.97. The van der Waals surface area contributed by atoms with Crippen molar-refractivity contribution in [2.75, 3.05) is 21.3 Å². The van der Waals surface area contributed by atoms with Gasteiger partial charge in [0.2, 0.25) is 0 Å². The molecule has 14 heavy (non-hydrogen) atoms. The number of methoxy groups -OCH3 is 3. The SMILES string of the molecule is COCc1cc(OC)c(C)cc1OC. The predicted octanol–water partition coefficient (Wildman–Crippen LogP) is 2.16.